The molecule has 0 aliphatic heterocycles. The molecule has 98 valence electrons. The summed E-state index contributed by atoms with van der Waals surface area (Å²) in [6.45, 7) is 1.26. The van der Waals surface area contributed by atoms with Crippen molar-refractivity contribution in [2.24, 2.45) is 0 Å². The molecule has 0 fully saturated rings. The maximum absolute atomic E-state index is 11.5. The van der Waals surface area contributed by atoms with Crippen LogP contribution in [-0.2, 0) is 14.6 Å². The molecule has 0 aromatic carbocycles. The van der Waals surface area contributed by atoms with Gasteiger partial charge in [0.25, 0.3) is 0 Å². The molecule has 0 aliphatic rings. The average Bonchev–Trinajstić information content (AvgIpc) is 2.27. The number of hydrogen-bond acceptors (Lipinski definition) is 5. The third-order valence-corrected chi connectivity index (χ3v) is 3.77. The van der Waals surface area contributed by atoms with E-state index in [4.69, 9.17) is 5.11 Å². The van der Waals surface area contributed by atoms with Gasteiger partial charge in [-0.25, -0.2) is 18.2 Å². The number of anilines is 1. The molecule has 0 aliphatic carbocycles. The first-order chi connectivity index (χ1) is 8.21. The molecule has 1 amide bonds. The van der Waals surface area contributed by atoms with E-state index >= 15 is 0 Å². The quantitative estimate of drug-likeness (QED) is 0.806. The fraction of sp³-hybridized carbons (Fsp3) is 0.300. The first-order valence-corrected chi connectivity index (χ1v) is 6.86. The summed E-state index contributed by atoms with van der Waals surface area (Å²) in [4.78, 5) is 25.8. The molecule has 0 saturated carbocycles. The van der Waals surface area contributed by atoms with Gasteiger partial charge in [-0.3, -0.25) is 4.79 Å². The van der Waals surface area contributed by atoms with Crippen LogP contribution in [0.5, 0.6) is 0 Å². The third-order valence-electron chi connectivity index (χ3n) is 2.27. The zero-order valence-corrected chi connectivity index (χ0v) is 10.6. The van der Waals surface area contributed by atoms with Gasteiger partial charge in [0, 0.05) is 12.5 Å². The number of nitrogens with zero attached hydrogens (tertiary/aromatic N) is 1. The Hall–Kier alpha value is -1.96. The molecule has 0 bridgehead atoms. The van der Waals surface area contributed by atoms with E-state index in [0.717, 1.165) is 12.5 Å². The number of nitrogens with one attached hydrogen (secondary N) is 1. The van der Waals surface area contributed by atoms with Crippen LogP contribution in [0.25, 0.3) is 0 Å². The number of carbonyl (C=O) groups is 2. The number of carbonyl (C=O) groups excluding carboxylic acids is 1. The van der Waals surface area contributed by atoms with Crippen LogP contribution in [0, 0.1) is 0 Å². The summed E-state index contributed by atoms with van der Waals surface area (Å²) in [6.07, 6.45) is 2.03. The molecule has 8 heteroatoms. The van der Waals surface area contributed by atoms with Crippen LogP contribution < -0.4 is 5.32 Å². The van der Waals surface area contributed by atoms with Crippen molar-refractivity contribution >= 4 is 27.5 Å². The summed E-state index contributed by atoms with van der Waals surface area (Å²) in [7, 11) is -3.48. The molecule has 18 heavy (non-hydrogen) atoms. The number of pyridine rings is 1. The van der Waals surface area contributed by atoms with Gasteiger partial charge in [-0.1, -0.05) is 0 Å². The summed E-state index contributed by atoms with van der Waals surface area (Å²) in [5.41, 5.74) is -0.0239. The Bertz CT molecular complexity index is 564. The second-order valence-electron chi connectivity index (χ2n) is 3.70. The van der Waals surface area contributed by atoms with Crippen molar-refractivity contribution in [2.75, 3.05) is 11.6 Å². The largest absolute Gasteiger partial charge is 0.478 e. The van der Waals surface area contributed by atoms with Crippen LogP contribution in [-0.4, -0.2) is 41.9 Å². The lowest BCUT2D eigenvalue weighted by atomic mass is 10.3. The van der Waals surface area contributed by atoms with Gasteiger partial charge < -0.3 is 10.4 Å². The van der Waals surface area contributed by atoms with Crippen LogP contribution in [0.4, 0.5) is 5.82 Å². The summed E-state index contributed by atoms with van der Waals surface area (Å²) < 4.78 is 22.3. The molecule has 0 radical (unpaired) electrons. The van der Waals surface area contributed by atoms with E-state index in [0.29, 0.717) is 0 Å². The van der Waals surface area contributed by atoms with E-state index < -0.39 is 27.0 Å². The minimum atomic E-state index is -3.48. The average molecular weight is 272 g/mol. The van der Waals surface area contributed by atoms with Gasteiger partial charge >= 0.3 is 5.97 Å². The summed E-state index contributed by atoms with van der Waals surface area (Å²) >= 11 is 0. The van der Waals surface area contributed by atoms with Gasteiger partial charge in [-0.05, 0) is 19.1 Å². The Kier molecular flexibility index (Phi) is 4.02. The number of amides is 1. The zero-order valence-electron chi connectivity index (χ0n) is 9.75. The van der Waals surface area contributed by atoms with Gasteiger partial charge in [-0.2, -0.15) is 0 Å². The van der Waals surface area contributed by atoms with Gasteiger partial charge in [0.1, 0.15) is 11.1 Å². The number of carboxylic acid groups (broad SMARTS) is 1. The van der Waals surface area contributed by atoms with Crippen LogP contribution in [0.3, 0.4) is 0 Å². The van der Waals surface area contributed by atoms with Crippen LogP contribution in [0.1, 0.15) is 17.3 Å². The Morgan fingerprint density at radius 1 is 1.39 bits per heavy atom. The molecule has 1 aromatic heterocycles. The highest BCUT2D eigenvalue weighted by atomic mass is 32.2. The fourth-order valence-electron chi connectivity index (χ4n) is 1.02. The Balaban J connectivity index is 2.80. The first-order valence-electron chi connectivity index (χ1n) is 4.91. The van der Waals surface area contributed by atoms with Crippen LogP contribution >= 0.6 is 0 Å². The van der Waals surface area contributed by atoms with E-state index in [2.05, 4.69) is 10.3 Å². The SMILES string of the molecule is CC(C(=O)Nc1ccc(C(=O)O)cn1)S(C)(=O)=O. The molecule has 1 heterocycles. The molecule has 7 nitrogen and oxygen atoms in total. The van der Waals surface area contributed by atoms with Crippen molar-refractivity contribution in [3.05, 3.63) is 23.9 Å². The number of hydrogen-bond donors (Lipinski definition) is 2. The second kappa shape index (κ2) is 5.13. The summed E-state index contributed by atoms with van der Waals surface area (Å²) in [6, 6.07) is 2.55. The molecule has 2 N–H and O–H groups in total. The number of aromatic nitrogens is 1. The molecule has 1 unspecified atom stereocenters. The zero-order chi connectivity index (χ0) is 13.9. The molecule has 0 spiro atoms. The number of sulfone groups is 1. The van der Waals surface area contributed by atoms with E-state index in [1.807, 2.05) is 0 Å². The normalized spacial score (nSPS) is 12.8. The minimum absolute atomic E-state index is 0.0239. The van der Waals surface area contributed by atoms with Crippen LogP contribution in [0.2, 0.25) is 0 Å². The number of aromatic carboxylic acids is 1. The molecular weight excluding hydrogens is 260 g/mol. The lowest BCUT2D eigenvalue weighted by molar-refractivity contribution is -0.115. The van der Waals surface area contributed by atoms with Gasteiger partial charge in [0.05, 0.1) is 5.56 Å². The Morgan fingerprint density at radius 2 is 2.00 bits per heavy atom. The van der Waals surface area contributed by atoms with Gasteiger partial charge in [-0.15, -0.1) is 0 Å². The minimum Gasteiger partial charge on any atom is -0.478 e. The van der Waals surface area contributed by atoms with Crippen molar-refractivity contribution in [2.45, 2.75) is 12.2 Å². The maximum Gasteiger partial charge on any atom is 0.337 e. The molecule has 1 rings (SSSR count). The van der Waals surface area contributed by atoms with E-state index in [1.165, 1.54) is 19.1 Å². The van der Waals surface area contributed by atoms with Crippen molar-refractivity contribution in [3.8, 4) is 0 Å². The number of carboxylic acids is 1. The first kappa shape index (κ1) is 14.1. The van der Waals surface area contributed by atoms with E-state index in [9.17, 15) is 18.0 Å². The highest BCUT2D eigenvalue weighted by molar-refractivity contribution is 7.92. The van der Waals surface area contributed by atoms with Gasteiger partial charge in [0.2, 0.25) is 5.91 Å². The predicted molar refractivity (Wildman–Crippen MR) is 64.1 cm³/mol. The monoisotopic (exact) mass is 272 g/mol. The van der Waals surface area contributed by atoms with Crippen molar-refractivity contribution in [1.82, 2.24) is 4.98 Å². The van der Waals surface area contributed by atoms with Crippen molar-refractivity contribution in [3.63, 3.8) is 0 Å². The predicted octanol–water partition coefficient (Wildman–Crippen LogP) is 0.151. The second-order valence-corrected chi connectivity index (χ2v) is 6.06. The lowest BCUT2D eigenvalue weighted by Gasteiger charge is -2.09. The highest BCUT2D eigenvalue weighted by Crippen LogP contribution is 2.07. The smallest absolute Gasteiger partial charge is 0.337 e. The number of rotatable bonds is 4. The molecule has 1 atom stereocenters. The lowest BCUT2D eigenvalue weighted by Crippen LogP contribution is -2.32. The topological polar surface area (TPSA) is 113 Å². The molecular formula is C10H12N2O5S. The van der Waals surface area contributed by atoms with Crippen LogP contribution in [0.15, 0.2) is 18.3 Å². The van der Waals surface area contributed by atoms with Crippen molar-refractivity contribution < 1.29 is 23.1 Å². The summed E-state index contributed by atoms with van der Waals surface area (Å²) in [5.74, 6) is -1.75. The third kappa shape index (κ3) is 3.52. The Morgan fingerprint density at radius 3 is 2.39 bits per heavy atom. The summed E-state index contributed by atoms with van der Waals surface area (Å²) in [5, 5.41) is 9.74. The fourth-order valence-corrected chi connectivity index (χ4v) is 1.46. The maximum atomic E-state index is 11.5. The standard InChI is InChI=1S/C10H12N2O5S/c1-6(18(2,16)17)9(13)12-8-4-3-7(5-11-8)10(14)15/h3-6H,1-2H3,(H,14,15)(H,11,12,13). The molecule has 1 aromatic rings. The Labute approximate surface area is 104 Å². The highest BCUT2D eigenvalue weighted by Gasteiger charge is 2.23. The van der Waals surface area contributed by atoms with Crippen molar-refractivity contribution in [1.29, 1.82) is 0 Å². The van der Waals surface area contributed by atoms with E-state index in [-0.39, 0.29) is 11.4 Å². The molecule has 0 saturated heterocycles. The van der Waals surface area contributed by atoms with Gasteiger partial charge in [0.15, 0.2) is 9.84 Å². The van der Waals surface area contributed by atoms with E-state index in [1.54, 1.807) is 0 Å².